The third-order valence-corrected chi connectivity index (χ3v) is 5.27. The lowest BCUT2D eigenvalue weighted by atomic mass is 9.98. The molecule has 1 aromatic rings. The van der Waals surface area contributed by atoms with E-state index in [-0.39, 0.29) is 22.8 Å². The fraction of sp³-hybridized carbons (Fsp3) is 0.533. The zero-order valence-corrected chi connectivity index (χ0v) is 14.3. The van der Waals surface area contributed by atoms with Crippen LogP contribution < -0.4 is 15.8 Å². The highest BCUT2D eigenvalue weighted by atomic mass is 32.2. The van der Waals surface area contributed by atoms with E-state index in [1.807, 2.05) is 13.8 Å². The van der Waals surface area contributed by atoms with Crippen molar-refractivity contribution in [2.24, 2.45) is 11.7 Å². The van der Waals surface area contributed by atoms with Crippen molar-refractivity contribution < 1.29 is 13.2 Å². The number of nitrogens with two attached hydrogens (primary N) is 1. The van der Waals surface area contributed by atoms with Crippen LogP contribution in [-0.4, -0.2) is 27.4 Å². The minimum Gasteiger partial charge on any atom is -0.348 e. The Morgan fingerprint density at radius 3 is 2.50 bits per heavy atom. The molecular weight excluding hydrogens is 302 g/mol. The highest BCUT2D eigenvalue weighted by molar-refractivity contribution is 7.89. The van der Waals surface area contributed by atoms with Gasteiger partial charge in [0, 0.05) is 0 Å². The number of hydrogen-bond acceptors (Lipinski definition) is 4. The molecule has 6 nitrogen and oxygen atoms in total. The topological polar surface area (TPSA) is 101 Å². The van der Waals surface area contributed by atoms with Crippen molar-refractivity contribution in [1.82, 2.24) is 10.0 Å². The summed E-state index contributed by atoms with van der Waals surface area (Å²) in [4.78, 5) is 12.3. The Morgan fingerprint density at radius 2 is 1.95 bits per heavy atom. The molecule has 0 aliphatic rings. The maximum Gasteiger partial charge on any atom is 0.240 e. The molecule has 0 bridgehead atoms. The lowest BCUT2D eigenvalue weighted by molar-refractivity contribution is -0.124. The smallest absolute Gasteiger partial charge is 0.240 e. The molecule has 1 aromatic carbocycles. The van der Waals surface area contributed by atoms with Gasteiger partial charge in [-0.1, -0.05) is 32.4 Å². The van der Waals surface area contributed by atoms with Gasteiger partial charge in [0.05, 0.1) is 17.0 Å². The van der Waals surface area contributed by atoms with Crippen LogP contribution in [0, 0.1) is 5.92 Å². The van der Waals surface area contributed by atoms with E-state index in [4.69, 9.17) is 5.73 Å². The molecule has 4 N–H and O–H groups in total. The van der Waals surface area contributed by atoms with E-state index in [1.54, 1.807) is 25.1 Å². The molecule has 3 atom stereocenters. The van der Waals surface area contributed by atoms with Crippen molar-refractivity contribution in [1.29, 1.82) is 0 Å². The van der Waals surface area contributed by atoms with Crippen LogP contribution >= 0.6 is 0 Å². The van der Waals surface area contributed by atoms with E-state index in [9.17, 15) is 13.2 Å². The standard InChI is InChI=1S/C15H25N3O3S/c1-5-10(2)14(16)15(19)18-11(3)12-7-6-8-13(9-12)22(20,21)17-4/h6-11,14,17H,5,16H2,1-4H3,(H,18,19). The number of rotatable bonds is 7. The van der Waals surface area contributed by atoms with Crippen LogP contribution in [0.3, 0.4) is 0 Å². The van der Waals surface area contributed by atoms with Crippen LogP contribution in [-0.2, 0) is 14.8 Å². The number of nitrogens with one attached hydrogen (secondary N) is 2. The van der Waals surface area contributed by atoms with Gasteiger partial charge in [0.25, 0.3) is 0 Å². The summed E-state index contributed by atoms with van der Waals surface area (Å²) < 4.78 is 25.9. The van der Waals surface area contributed by atoms with Gasteiger partial charge < -0.3 is 11.1 Å². The van der Waals surface area contributed by atoms with Gasteiger partial charge in [0.1, 0.15) is 0 Å². The molecule has 0 saturated heterocycles. The second kappa shape index (κ2) is 7.71. The molecule has 3 unspecified atom stereocenters. The number of hydrogen-bond donors (Lipinski definition) is 3. The van der Waals surface area contributed by atoms with E-state index in [0.717, 1.165) is 6.42 Å². The van der Waals surface area contributed by atoms with Crippen LogP contribution in [0.2, 0.25) is 0 Å². The SMILES string of the molecule is CCC(C)C(N)C(=O)NC(C)c1cccc(S(=O)(=O)NC)c1. The minimum atomic E-state index is -3.50. The first-order chi connectivity index (χ1) is 10.2. The molecule has 0 spiro atoms. The molecule has 0 aliphatic carbocycles. The molecule has 1 amide bonds. The lowest BCUT2D eigenvalue weighted by Gasteiger charge is -2.21. The van der Waals surface area contributed by atoms with Gasteiger partial charge in [-0.3, -0.25) is 4.79 Å². The number of amides is 1. The van der Waals surface area contributed by atoms with Gasteiger partial charge in [-0.2, -0.15) is 0 Å². The Kier molecular flexibility index (Phi) is 6.52. The summed E-state index contributed by atoms with van der Waals surface area (Å²) in [5.41, 5.74) is 6.61. The first-order valence-corrected chi connectivity index (χ1v) is 8.80. The molecule has 0 fully saturated rings. The normalized spacial score (nSPS) is 15.9. The molecule has 0 heterocycles. The van der Waals surface area contributed by atoms with Crippen molar-refractivity contribution in [2.75, 3.05) is 7.05 Å². The lowest BCUT2D eigenvalue weighted by Crippen LogP contribution is -2.45. The largest absolute Gasteiger partial charge is 0.348 e. The average molecular weight is 327 g/mol. The fourth-order valence-electron chi connectivity index (χ4n) is 1.97. The highest BCUT2D eigenvalue weighted by Gasteiger charge is 2.21. The third-order valence-electron chi connectivity index (χ3n) is 3.86. The summed E-state index contributed by atoms with van der Waals surface area (Å²) in [7, 11) is -2.14. The highest BCUT2D eigenvalue weighted by Crippen LogP contribution is 2.18. The van der Waals surface area contributed by atoms with Crippen LogP contribution in [0.4, 0.5) is 0 Å². The predicted molar refractivity (Wildman–Crippen MR) is 86.7 cm³/mol. The average Bonchev–Trinajstić information content (AvgIpc) is 2.53. The Labute approximate surface area is 132 Å². The van der Waals surface area contributed by atoms with E-state index in [1.165, 1.54) is 13.1 Å². The summed E-state index contributed by atoms with van der Waals surface area (Å²) in [6.07, 6.45) is 0.818. The number of carbonyl (C=O) groups is 1. The van der Waals surface area contributed by atoms with Crippen LogP contribution in [0.25, 0.3) is 0 Å². The Morgan fingerprint density at radius 1 is 1.32 bits per heavy atom. The molecule has 7 heteroatoms. The van der Waals surface area contributed by atoms with E-state index >= 15 is 0 Å². The molecular formula is C15H25N3O3S. The summed E-state index contributed by atoms with van der Waals surface area (Å²) in [5.74, 6) is -0.146. The van der Waals surface area contributed by atoms with Crippen LogP contribution in [0.15, 0.2) is 29.2 Å². The summed E-state index contributed by atoms with van der Waals surface area (Å²) in [5, 5.41) is 2.83. The van der Waals surface area contributed by atoms with Gasteiger partial charge in [-0.05, 0) is 37.6 Å². The van der Waals surface area contributed by atoms with Crippen LogP contribution in [0.5, 0.6) is 0 Å². The number of carbonyl (C=O) groups excluding carboxylic acids is 1. The van der Waals surface area contributed by atoms with Gasteiger partial charge in [-0.25, -0.2) is 13.1 Å². The molecule has 0 aliphatic heterocycles. The maximum absolute atomic E-state index is 12.1. The number of benzene rings is 1. The van der Waals surface area contributed by atoms with E-state index < -0.39 is 16.1 Å². The maximum atomic E-state index is 12.1. The monoisotopic (exact) mass is 327 g/mol. The van der Waals surface area contributed by atoms with Crippen molar-refractivity contribution in [3.05, 3.63) is 29.8 Å². The fourth-order valence-corrected chi connectivity index (χ4v) is 2.76. The summed E-state index contributed by atoms with van der Waals surface area (Å²) in [6.45, 7) is 5.70. The molecule has 0 saturated carbocycles. The first kappa shape index (κ1) is 18.6. The molecule has 22 heavy (non-hydrogen) atoms. The second-order valence-electron chi connectivity index (χ2n) is 5.42. The Bertz CT molecular complexity index is 616. The minimum absolute atomic E-state index is 0.0863. The van der Waals surface area contributed by atoms with Crippen molar-refractivity contribution in [3.63, 3.8) is 0 Å². The Hall–Kier alpha value is -1.44. The molecule has 1 rings (SSSR count). The van der Waals surface area contributed by atoms with Crippen molar-refractivity contribution >= 4 is 15.9 Å². The second-order valence-corrected chi connectivity index (χ2v) is 7.31. The van der Waals surface area contributed by atoms with Crippen molar-refractivity contribution in [3.8, 4) is 0 Å². The van der Waals surface area contributed by atoms with E-state index in [0.29, 0.717) is 5.56 Å². The van der Waals surface area contributed by atoms with Gasteiger partial charge in [0.15, 0.2) is 0 Å². The number of sulfonamides is 1. The predicted octanol–water partition coefficient (Wildman–Crippen LogP) is 1.15. The Balaban J connectivity index is 2.89. The van der Waals surface area contributed by atoms with Crippen molar-refractivity contribution in [2.45, 2.75) is 44.2 Å². The van der Waals surface area contributed by atoms with Gasteiger partial charge >= 0.3 is 0 Å². The zero-order valence-electron chi connectivity index (χ0n) is 13.5. The molecule has 0 aromatic heterocycles. The zero-order chi connectivity index (χ0) is 16.9. The summed E-state index contributed by atoms with van der Waals surface area (Å²) in [6, 6.07) is 5.58. The first-order valence-electron chi connectivity index (χ1n) is 7.32. The third kappa shape index (κ3) is 4.53. The van der Waals surface area contributed by atoms with Gasteiger partial charge in [-0.15, -0.1) is 0 Å². The van der Waals surface area contributed by atoms with Gasteiger partial charge in [0.2, 0.25) is 15.9 Å². The van der Waals surface area contributed by atoms with E-state index in [2.05, 4.69) is 10.0 Å². The molecule has 124 valence electrons. The quantitative estimate of drug-likeness (QED) is 0.699. The van der Waals surface area contributed by atoms with Crippen LogP contribution in [0.1, 0.15) is 38.8 Å². The summed E-state index contributed by atoms with van der Waals surface area (Å²) >= 11 is 0. The molecule has 0 radical (unpaired) electrons.